The van der Waals surface area contributed by atoms with Crippen LogP contribution in [0, 0.1) is 0 Å². The molecule has 0 saturated carbocycles. The maximum absolute atomic E-state index is 13.0. The molecule has 0 aromatic carbocycles. The average Bonchev–Trinajstić information content (AvgIpc) is 3.35. The van der Waals surface area contributed by atoms with Crippen LogP contribution in [-0.2, 0) is 18.4 Å². The molecule has 0 aliphatic carbocycles. The second kappa shape index (κ2) is 54.5. The van der Waals surface area contributed by atoms with Crippen molar-refractivity contribution in [1.82, 2.24) is 5.32 Å². The normalized spacial score (nSPS) is 14.5. The van der Waals surface area contributed by atoms with Crippen LogP contribution >= 0.6 is 7.82 Å². The standard InChI is InChI=1S/C64H117N2O6P/c1-6-8-10-12-14-16-18-20-22-23-24-25-26-27-28-29-30-31-32-33-34-35-36-37-38-39-40-41-42-43-44-46-48-50-52-54-56-58-64(68)65-62(61-72-73(69,70)71-60-59-66(3,4)5)63(67)57-55-53-51-49-47-45-21-19-17-15-13-11-9-7-2/h8,10,14,16-17,19-20,22,24-25,47,49,55,57,62-63,67H,6-7,9,11-13,15,18,21,23,26-46,48,50-54,56,58-61H2,1-5H3,(H-,65,68,69,70)/p+1/b10-8-,16-14-,19-17+,22-20-,25-24-,49-47+,57-55+. The summed E-state index contributed by atoms with van der Waals surface area (Å²) in [6, 6.07) is -0.871. The van der Waals surface area contributed by atoms with Gasteiger partial charge in [0.2, 0.25) is 5.91 Å². The molecule has 0 spiro atoms. The Morgan fingerprint density at radius 3 is 1.26 bits per heavy atom. The molecule has 0 aromatic rings. The third-order valence-corrected chi connectivity index (χ3v) is 14.3. The first-order valence-corrected chi connectivity index (χ1v) is 32.0. The van der Waals surface area contributed by atoms with Gasteiger partial charge < -0.3 is 19.8 Å². The van der Waals surface area contributed by atoms with Gasteiger partial charge in [0, 0.05) is 6.42 Å². The van der Waals surface area contributed by atoms with Crippen LogP contribution < -0.4 is 5.32 Å². The zero-order valence-electron chi connectivity index (χ0n) is 48.4. The minimum Gasteiger partial charge on any atom is -0.387 e. The molecule has 0 heterocycles. The number of aliphatic hydroxyl groups is 1. The highest BCUT2D eigenvalue weighted by molar-refractivity contribution is 7.47. The zero-order valence-corrected chi connectivity index (χ0v) is 49.3. The number of allylic oxidation sites excluding steroid dienone is 13. The Balaban J connectivity index is 3.97. The lowest BCUT2D eigenvalue weighted by atomic mass is 10.0. The number of hydrogen-bond acceptors (Lipinski definition) is 5. The number of nitrogens with one attached hydrogen (secondary N) is 1. The van der Waals surface area contributed by atoms with Gasteiger partial charge in [-0.2, -0.15) is 0 Å². The van der Waals surface area contributed by atoms with Crippen LogP contribution in [0.2, 0.25) is 0 Å². The SMILES string of the molecule is CC/C=C\C/C=C\C/C=C\C/C=C\CCCCCCCCCCCCCCCCCCCCCCCCCCC(=O)NC(COP(=O)(O)OCC[N+](C)(C)C)C(O)/C=C/CC/C=C/CC/C=C/CCCCCC. The van der Waals surface area contributed by atoms with Crippen molar-refractivity contribution in [2.45, 2.75) is 276 Å². The molecule has 0 aromatic heterocycles. The molecule has 0 rings (SSSR count). The molecule has 424 valence electrons. The van der Waals surface area contributed by atoms with E-state index in [0.29, 0.717) is 17.4 Å². The van der Waals surface area contributed by atoms with Crippen LogP contribution in [-0.4, -0.2) is 73.4 Å². The molecule has 9 heteroatoms. The van der Waals surface area contributed by atoms with E-state index in [1.807, 2.05) is 27.2 Å². The molecule has 0 aliphatic rings. The molecule has 0 saturated heterocycles. The van der Waals surface area contributed by atoms with Crippen LogP contribution in [0.1, 0.15) is 264 Å². The van der Waals surface area contributed by atoms with E-state index in [1.165, 1.54) is 173 Å². The fourth-order valence-corrected chi connectivity index (χ4v) is 9.33. The third-order valence-electron chi connectivity index (χ3n) is 13.3. The van der Waals surface area contributed by atoms with E-state index in [0.717, 1.165) is 70.6 Å². The number of phosphoric ester groups is 1. The van der Waals surface area contributed by atoms with Crippen molar-refractivity contribution in [3.05, 3.63) is 85.1 Å². The summed E-state index contributed by atoms with van der Waals surface area (Å²) in [6.07, 6.45) is 77.2. The van der Waals surface area contributed by atoms with E-state index in [9.17, 15) is 19.4 Å². The summed E-state index contributed by atoms with van der Waals surface area (Å²) >= 11 is 0. The summed E-state index contributed by atoms with van der Waals surface area (Å²) in [4.78, 5) is 23.3. The fraction of sp³-hybridized carbons (Fsp3) is 0.766. The Morgan fingerprint density at radius 1 is 0.479 bits per heavy atom. The quantitative estimate of drug-likeness (QED) is 0.0243. The maximum Gasteiger partial charge on any atom is 0.472 e. The monoisotopic (exact) mass is 1040 g/mol. The number of nitrogens with zero attached hydrogens (tertiary/aromatic N) is 1. The predicted octanol–water partition coefficient (Wildman–Crippen LogP) is 18.8. The summed E-state index contributed by atoms with van der Waals surface area (Å²) in [5.41, 5.74) is 0. The number of carbonyl (C=O) groups is 1. The van der Waals surface area contributed by atoms with Crippen molar-refractivity contribution in [3.8, 4) is 0 Å². The van der Waals surface area contributed by atoms with Crippen LogP contribution in [0.3, 0.4) is 0 Å². The lowest BCUT2D eigenvalue weighted by Crippen LogP contribution is -2.45. The largest absolute Gasteiger partial charge is 0.472 e. The first-order chi connectivity index (χ1) is 35.5. The minimum absolute atomic E-state index is 0.0524. The smallest absolute Gasteiger partial charge is 0.387 e. The highest BCUT2D eigenvalue weighted by atomic mass is 31.2. The number of unbranched alkanes of at least 4 members (excludes halogenated alkanes) is 30. The molecular weight excluding hydrogens is 924 g/mol. The summed E-state index contributed by atoms with van der Waals surface area (Å²) in [6.45, 7) is 4.66. The maximum atomic E-state index is 13.0. The van der Waals surface area contributed by atoms with Gasteiger partial charge in [0.15, 0.2) is 0 Å². The van der Waals surface area contributed by atoms with E-state index in [2.05, 4.69) is 92.1 Å². The molecule has 3 N–H and O–H groups in total. The summed E-state index contributed by atoms with van der Waals surface area (Å²) < 4.78 is 23.7. The van der Waals surface area contributed by atoms with Crippen molar-refractivity contribution < 1.29 is 32.9 Å². The highest BCUT2D eigenvalue weighted by Crippen LogP contribution is 2.43. The third kappa shape index (κ3) is 57.2. The van der Waals surface area contributed by atoms with Gasteiger partial charge in [0.1, 0.15) is 13.2 Å². The van der Waals surface area contributed by atoms with Gasteiger partial charge in [0.25, 0.3) is 0 Å². The molecule has 3 unspecified atom stereocenters. The zero-order chi connectivity index (χ0) is 53.5. The first-order valence-electron chi connectivity index (χ1n) is 30.5. The number of amides is 1. The second-order valence-electron chi connectivity index (χ2n) is 21.7. The van der Waals surface area contributed by atoms with Crippen molar-refractivity contribution in [2.75, 3.05) is 40.9 Å². The number of rotatable bonds is 55. The van der Waals surface area contributed by atoms with Gasteiger partial charge in [0.05, 0.1) is 39.9 Å². The van der Waals surface area contributed by atoms with E-state index in [1.54, 1.807) is 6.08 Å². The molecular formula is C64H118N2O6P+. The molecule has 3 atom stereocenters. The number of likely N-dealkylation sites (N-methyl/N-ethyl adjacent to an activating group) is 1. The molecule has 8 nitrogen and oxygen atoms in total. The van der Waals surface area contributed by atoms with Gasteiger partial charge in [-0.25, -0.2) is 4.57 Å². The number of phosphoric acid groups is 1. The van der Waals surface area contributed by atoms with E-state index < -0.39 is 20.0 Å². The van der Waals surface area contributed by atoms with Gasteiger partial charge in [-0.15, -0.1) is 0 Å². The lowest BCUT2D eigenvalue weighted by molar-refractivity contribution is -0.870. The molecule has 0 bridgehead atoms. The van der Waals surface area contributed by atoms with Crippen molar-refractivity contribution in [2.24, 2.45) is 0 Å². The number of hydrogen-bond donors (Lipinski definition) is 3. The second-order valence-corrected chi connectivity index (χ2v) is 23.1. The van der Waals surface area contributed by atoms with E-state index >= 15 is 0 Å². The molecule has 0 radical (unpaired) electrons. The van der Waals surface area contributed by atoms with Crippen molar-refractivity contribution in [3.63, 3.8) is 0 Å². The van der Waals surface area contributed by atoms with Gasteiger partial charge in [-0.05, 0) is 83.5 Å². The lowest BCUT2D eigenvalue weighted by Gasteiger charge is -2.25. The highest BCUT2D eigenvalue weighted by Gasteiger charge is 2.27. The Kier molecular flexibility index (Phi) is 52.7. The van der Waals surface area contributed by atoms with Crippen LogP contribution in [0.25, 0.3) is 0 Å². The van der Waals surface area contributed by atoms with Crippen LogP contribution in [0.15, 0.2) is 85.1 Å². The fourth-order valence-electron chi connectivity index (χ4n) is 8.60. The van der Waals surface area contributed by atoms with Crippen molar-refractivity contribution >= 4 is 13.7 Å². The molecule has 73 heavy (non-hydrogen) atoms. The average molecular weight is 1040 g/mol. The summed E-state index contributed by atoms with van der Waals surface area (Å²) in [5.74, 6) is -0.190. The molecule has 1 amide bonds. The van der Waals surface area contributed by atoms with E-state index in [-0.39, 0.29) is 19.1 Å². The van der Waals surface area contributed by atoms with Crippen LogP contribution in [0.5, 0.6) is 0 Å². The Morgan fingerprint density at radius 2 is 0.836 bits per heavy atom. The van der Waals surface area contributed by atoms with E-state index in [4.69, 9.17) is 9.05 Å². The van der Waals surface area contributed by atoms with Gasteiger partial charge in [-0.1, -0.05) is 259 Å². The summed E-state index contributed by atoms with van der Waals surface area (Å²) in [5, 5.41) is 13.9. The van der Waals surface area contributed by atoms with Gasteiger partial charge >= 0.3 is 7.82 Å². The predicted molar refractivity (Wildman–Crippen MR) is 318 cm³/mol. The van der Waals surface area contributed by atoms with Crippen LogP contribution in [0.4, 0.5) is 0 Å². The molecule has 0 aliphatic heterocycles. The number of carbonyl (C=O) groups excluding carboxylic acids is 1. The van der Waals surface area contributed by atoms with Crippen molar-refractivity contribution in [1.29, 1.82) is 0 Å². The summed E-state index contributed by atoms with van der Waals surface area (Å²) in [7, 11) is 1.55. The Hall–Kier alpha value is -2.32. The number of quaternary nitrogens is 1. The Bertz CT molecular complexity index is 1460. The minimum atomic E-state index is -4.36. The topological polar surface area (TPSA) is 105 Å². The first kappa shape index (κ1) is 70.7. The Labute approximate surface area is 452 Å². The molecule has 0 fully saturated rings. The van der Waals surface area contributed by atoms with Gasteiger partial charge in [-0.3, -0.25) is 13.8 Å². The number of aliphatic hydroxyl groups excluding tert-OH is 1.